The number of ether oxygens (including phenoxy) is 1. The predicted molar refractivity (Wildman–Crippen MR) is 78.6 cm³/mol. The quantitative estimate of drug-likeness (QED) is 0.849. The van der Waals surface area contributed by atoms with Crippen LogP contribution in [0.25, 0.3) is 0 Å². The fourth-order valence-corrected chi connectivity index (χ4v) is 2.66. The fourth-order valence-electron chi connectivity index (χ4n) is 1.66. The fraction of sp³-hybridized carbons (Fsp3) is 0.214. The Hall–Kier alpha value is -2.12. The van der Waals surface area contributed by atoms with Gasteiger partial charge >= 0.3 is 0 Å². The Morgan fingerprint density at radius 1 is 1.19 bits per heavy atom. The van der Waals surface area contributed by atoms with E-state index < -0.39 is 10.0 Å². The highest BCUT2D eigenvalue weighted by molar-refractivity contribution is 7.92. The Kier molecular flexibility index (Phi) is 4.77. The maximum atomic E-state index is 12.2. The van der Waals surface area contributed by atoms with Crippen molar-refractivity contribution >= 4 is 15.8 Å². The number of pyridine rings is 1. The normalized spacial score (nSPS) is 11.1. The zero-order valence-electron chi connectivity index (χ0n) is 11.5. The van der Waals surface area contributed by atoms with Crippen molar-refractivity contribution < 1.29 is 18.3 Å². The summed E-state index contributed by atoms with van der Waals surface area (Å²) in [5.74, 6) is 0.808. The van der Waals surface area contributed by atoms with E-state index in [-0.39, 0.29) is 17.3 Å². The first kappa shape index (κ1) is 15.3. The van der Waals surface area contributed by atoms with Crippen LogP contribution in [0, 0.1) is 0 Å². The maximum absolute atomic E-state index is 12.2. The second-order valence-electron chi connectivity index (χ2n) is 4.22. The molecule has 2 N–H and O–H groups in total. The van der Waals surface area contributed by atoms with E-state index in [4.69, 9.17) is 9.84 Å². The van der Waals surface area contributed by atoms with E-state index in [9.17, 15) is 8.42 Å². The number of hydrogen-bond donors (Lipinski definition) is 2. The van der Waals surface area contributed by atoms with Crippen LogP contribution < -0.4 is 9.46 Å². The molecule has 2 rings (SSSR count). The van der Waals surface area contributed by atoms with E-state index in [1.54, 1.807) is 18.2 Å². The molecule has 0 spiro atoms. The summed E-state index contributed by atoms with van der Waals surface area (Å²) in [6, 6.07) is 9.23. The highest BCUT2D eigenvalue weighted by atomic mass is 32.2. The van der Waals surface area contributed by atoms with Crippen molar-refractivity contribution in [3.05, 3.63) is 48.2 Å². The van der Waals surface area contributed by atoms with Gasteiger partial charge in [-0.2, -0.15) is 0 Å². The summed E-state index contributed by atoms with van der Waals surface area (Å²) in [6.45, 7) is 2.23. The summed E-state index contributed by atoms with van der Waals surface area (Å²) in [4.78, 5) is 4.06. The van der Waals surface area contributed by atoms with Crippen LogP contribution in [-0.4, -0.2) is 25.1 Å². The first-order chi connectivity index (χ1) is 10.0. The van der Waals surface area contributed by atoms with Crippen molar-refractivity contribution in [2.75, 3.05) is 11.3 Å². The van der Waals surface area contributed by atoms with Gasteiger partial charge in [-0.3, -0.25) is 4.72 Å². The first-order valence-electron chi connectivity index (χ1n) is 6.36. The molecule has 0 atom stereocenters. The third kappa shape index (κ3) is 3.93. The maximum Gasteiger partial charge on any atom is 0.263 e. The van der Waals surface area contributed by atoms with Gasteiger partial charge in [0.1, 0.15) is 11.6 Å². The molecule has 6 nitrogen and oxygen atoms in total. The van der Waals surface area contributed by atoms with Crippen molar-refractivity contribution in [1.29, 1.82) is 0 Å². The number of aromatic nitrogens is 1. The van der Waals surface area contributed by atoms with E-state index >= 15 is 0 Å². The minimum atomic E-state index is -3.70. The van der Waals surface area contributed by atoms with Gasteiger partial charge in [-0.25, -0.2) is 13.4 Å². The number of nitrogens with zero attached hydrogens (tertiary/aromatic N) is 1. The molecule has 1 aromatic carbocycles. The van der Waals surface area contributed by atoms with Gasteiger partial charge in [0, 0.05) is 6.20 Å². The molecule has 2 aromatic rings. The van der Waals surface area contributed by atoms with Gasteiger partial charge in [-0.1, -0.05) is 6.07 Å². The van der Waals surface area contributed by atoms with Crippen molar-refractivity contribution in [3.63, 3.8) is 0 Å². The van der Waals surface area contributed by atoms with Crippen LogP contribution >= 0.6 is 0 Å². The van der Waals surface area contributed by atoms with Crippen molar-refractivity contribution in [3.8, 4) is 5.75 Å². The van der Waals surface area contributed by atoms with E-state index in [1.807, 2.05) is 6.92 Å². The topological polar surface area (TPSA) is 88.5 Å². The van der Waals surface area contributed by atoms with E-state index in [1.165, 1.54) is 24.4 Å². The van der Waals surface area contributed by atoms with Crippen molar-refractivity contribution in [2.45, 2.75) is 18.4 Å². The summed E-state index contributed by atoms with van der Waals surface area (Å²) in [5.41, 5.74) is 0.610. The van der Waals surface area contributed by atoms with Crippen LogP contribution in [0.2, 0.25) is 0 Å². The molecule has 0 saturated heterocycles. The molecule has 0 amide bonds. The Morgan fingerprint density at radius 2 is 1.90 bits per heavy atom. The minimum absolute atomic E-state index is 0.124. The van der Waals surface area contributed by atoms with E-state index in [0.717, 1.165) is 0 Å². The molecular formula is C14H16N2O4S. The molecule has 1 aromatic heterocycles. The summed E-state index contributed by atoms with van der Waals surface area (Å²) < 4.78 is 32.0. The van der Waals surface area contributed by atoms with Crippen LogP contribution in [-0.2, 0) is 16.6 Å². The molecule has 21 heavy (non-hydrogen) atoms. The summed E-state index contributed by atoms with van der Waals surface area (Å²) >= 11 is 0. The van der Waals surface area contributed by atoms with Gasteiger partial charge < -0.3 is 9.84 Å². The van der Waals surface area contributed by atoms with Crippen LogP contribution in [0.4, 0.5) is 5.82 Å². The Bertz CT molecular complexity index is 682. The van der Waals surface area contributed by atoms with Gasteiger partial charge in [0.25, 0.3) is 10.0 Å². The molecule has 112 valence electrons. The van der Waals surface area contributed by atoms with Crippen molar-refractivity contribution in [1.82, 2.24) is 4.98 Å². The molecule has 0 aliphatic rings. The number of anilines is 1. The zero-order chi connectivity index (χ0) is 15.3. The lowest BCUT2D eigenvalue weighted by molar-refractivity contribution is 0.281. The Morgan fingerprint density at radius 3 is 2.43 bits per heavy atom. The monoisotopic (exact) mass is 308 g/mol. The van der Waals surface area contributed by atoms with Crippen LogP contribution in [0.1, 0.15) is 12.5 Å². The number of hydrogen-bond acceptors (Lipinski definition) is 5. The molecule has 0 unspecified atom stereocenters. The van der Waals surface area contributed by atoms with Crippen LogP contribution in [0.3, 0.4) is 0 Å². The number of aliphatic hydroxyl groups excluding tert-OH is 1. The highest BCUT2D eigenvalue weighted by Crippen LogP contribution is 2.18. The Balaban J connectivity index is 2.16. The lowest BCUT2D eigenvalue weighted by Gasteiger charge is -2.08. The number of sulfonamides is 1. The Labute approximate surface area is 123 Å². The summed E-state index contributed by atoms with van der Waals surface area (Å²) in [7, 11) is -3.70. The van der Waals surface area contributed by atoms with E-state index in [0.29, 0.717) is 17.9 Å². The zero-order valence-corrected chi connectivity index (χ0v) is 12.3. The largest absolute Gasteiger partial charge is 0.494 e. The molecule has 1 heterocycles. The van der Waals surface area contributed by atoms with Gasteiger partial charge in [0.15, 0.2) is 0 Å². The van der Waals surface area contributed by atoms with Crippen molar-refractivity contribution in [2.24, 2.45) is 0 Å². The standard InChI is InChI=1S/C14H16N2O4S/c1-2-20-12-4-6-13(7-5-12)21(18,19)16-14-8-3-11(10-17)9-15-14/h3-9,17H,2,10H2,1H3,(H,15,16). The van der Waals surface area contributed by atoms with Crippen LogP contribution in [0.5, 0.6) is 5.75 Å². The summed E-state index contributed by atoms with van der Waals surface area (Å²) in [6.07, 6.45) is 1.41. The van der Waals surface area contributed by atoms with Gasteiger partial charge in [0.2, 0.25) is 0 Å². The van der Waals surface area contributed by atoms with Gasteiger partial charge in [0.05, 0.1) is 18.1 Å². The molecule has 0 aliphatic heterocycles. The first-order valence-corrected chi connectivity index (χ1v) is 7.85. The lowest BCUT2D eigenvalue weighted by atomic mass is 10.3. The van der Waals surface area contributed by atoms with E-state index in [2.05, 4.69) is 9.71 Å². The smallest absolute Gasteiger partial charge is 0.263 e. The second kappa shape index (κ2) is 6.55. The SMILES string of the molecule is CCOc1ccc(S(=O)(=O)Nc2ccc(CO)cn2)cc1. The molecule has 0 bridgehead atoms. The molecule has 0 saturated carbocycles. The van der Waals surface area contributed by atoms with Crippen LogP contribution in [0.15, 0.2) is 47.5 Å². The molecule has 0 aliphatic carbocycles. The third-order valence-corrected chi connectivity index (χ3v) is 4.06. The second-order valence-corrected chi connectivity index (χ2v) is 5.90. The number of nitrogens with one attached hydrogen (secondary N) is 1. The predicted octanol–water partition coefficient (Wildman–Crippen LogP) is 1.77. The average Bonchev–Trinajstić information content (AvgIpc) is 2.48. The molecule has 0 fully saturated rings. The lowest BCUT2D eigenvalue weighted by Crippen LogP contribution is -2.13. The minimum Gasteiger partial charge on any atom is -0.494 e. The van der Waals surface area contributed by atoms with Gasteiger partial charge in [-0.15, -0.1) is 0 Å². The number of rotatable bonds is 6. The number of benzene rings is 1. The molecule has 7 heteroatoms. The molecule has 0 radical (unpaired) electrons. The number of aliphatic hydroxyl groups is 1. The molecular weight excluding hydrogens is 292 g/mol. The average molecular weight is 308 g/mol. The summed E-state index contributed by atoms with van der Waals surface area (Å²) in [5, 5.41) is 8.92. The third-order valence-electron chi connectivity index (χ3n) is 2.69. The van der Waals surface area contributed by atoms with Gasteiger partial charge in [-0.05, 0) is 42.8 Å². The highest BCUT2D eigenvalue weighted by Gasteiger charge is 2.14.